The second kappa shape index (κ2) is 5.83. The van der Waals surface area contributed by atoms with Gasteiger partial charge in [0, 0.05) is 5.02 Å². The molecule has 1 atom stereocenters. The molecular weight excluding hydrogens is 278 g/mol. The normalized spacial score (nSPS) is 17.9. The van der Waals surface area contributed by atoms with Gasteiger partial charge in [0.2, 0.25) is 5.91 Å². The Kier molecular flexibility index (Phi) is 4.33. The number of rotatable bonds is 5. The van der Waals surface area contributed by atoms with Gasteiger partial charge in [0.05, 0.1) is 5.41 Å². The molecule has 108 valence electrons. The maximum Gasteiger partial charge on any atom is 0.326 e. The van der Waals surface area contributed by atoms with Crippen LogP contribution in [0.15, 0.2) is 24.3 Å². The van der Waals surface area contributed by atoms with Crippen molar-refractivity contribution in [2.75, 3.05) is 0 Å². The summed E-state index contributed by atoms with van der Waals surface area (Å²) in [5.41, 5.74) is 0.252. The quantitative estimate of drug-likeness (QED) is 0.878. The van der Waals surface area contributed by atoms with Crippen LogP contribution in [-0.4, -0.2) is 23.0 Å². The second-order valence-corrected chi connectivity index (χ2v) is 5.65. The molecule has 20 heavy (non-hydrogen) atoms. The van der Waals surface area contributed by atoms with E-state index in [-0.39, 0.29) is 5.91 Å². The van der Waals surface area contributed by atoms with Crippen molar-refractivity contribution in [3.05, 3.63) is 34.9 Å². The van der Waals surface area contributed by atoms with Gasteiger partial charge in [0.25, 0.3) is 0 Å². The van der Waals surface area contributed by atoms with Gasteiger partial charge in [-0.25, -0.2) is 4.79 Å². The smallest absolute Gasteiger partial charge is 0.326 e. The largest absolute Gasteiger partial charge is 0.480 e. The summed E-state index contributed by atoms with van der Waals surface area (Å²) in [7, 11) is 0. The van der Waals surface area contributed by atoms with E-state index in [1.165, 1.54) is 0 Å². The van der Waals surface area contributed by atoms with E-state index < -0.39 is 17.4 Å². The Morgan fingerprint density at radius 2 is 2.15 bits per heavy atom. The van der Waals surface area contributed by atoms with Gasteiger partial charge in [-0.2, -0.15) is 0 Å². The molecule has 1 aromatic carbocycles. The molecule has 5 heteroatoms. The molecule has 0 bridgehead atoms. The van der Waals surface area contributed by atoms with Crippen LogP contribution in [0.4, 0.5) is 0 Å². The third kappa shape index (κ3) is 2.66. The van der Waals surface area contributed by atoms with Crippen LogP contribution in [0.3, 0.4) is 0 Å². The van der Waals surface area contributed by atoms with E-state index in [1.807, 2.05) is 12.1 Å². The standard InChI is InChI=1S/C15H18ClNO3/c1-2-12(13(18)19)17-14(20)15(7-4-8-15)10-5-3-6-11(16)9-10/h3,5-6,9,12H,2,4,7-8H2,1H3,(H,17,20)(H,18,19)/t12-/m1/s1. The van der Waals surface area contributed by atoms with E-state index in [0.717, 1.165) is 24.8 Å². The Labute approximate surface area is 123 Å². The third-order valence-corrected chi connectivity index (χ3v) is 4.27. The average Bonchev–Trinajstić information content (AvgIpc) is 2.34. The SMILES string of the molecule is CC[C@@H](NC(=O)C1(c2cccc(Cl)c2)CCC1)C(=O)O. The highest BCUT2D eigenvalue weighted by molar-refractivity contribution is 6.30. The average molecular weight is 296 g/mol. The molecule has 0 heterocycles. The van der Waals surface area contributed by atoms with E-state index >= 15 is 0 Å². The van der Waals surface area contributed by atoms with Crippen molar-refractivity contribution in [1.82, 2.24) is 5.32 Å². The van der Waals surface area contributed by atoms with Crippen molar-refractivity contribution in [1.29, 1.82) is 0 Å². The summed E-state index contributed by atoms with van der Waals surface area (Å²) in [6, 6.07) is 6.43. The molecule has 0 radical (unpaired) electrons. The van der Waals surface area contributed by atoms with Gasteiger partial charge in [-0.1, -0.05) is 37.1 Å². The molecule has 2 rings (SSSR count). The van der Waals surface area contributed by atoms with Gasteiger partial charge in [-0.15, -0.1) is 0 Å². The first-order valence-electron chi connectivity index (χ1n) is 6.79. The fourth-order valence-corrected chi connectivity index (χ4v) is 2.79. The summed E-state index contributed by atoms with van der Waals surface area (Å²) in [6.07, 6.45) is 2.79. The minimum absolute atomic E-state index is 0.208. The zero-order valence-electron chi connectivity index (χ0n) is 11.4. The van der Waals surface area contributed by atoms with Gasteiger partial charge in [0.1, 0.15) is 6.04 Å². The zero-order chi connectivity index (χ0) is 14.8. The summed E-state index contributed by atoms with van der Waals surface area (Å²) in [5.74, 6) is -1.21. The highest BCUT2D eigenvalue weighted by Gasteiger charge is 2.46. The number of carboxylic acids is 1. The topological polar surface area (TPSA) is 66.4 Å². The van der Waals surface area contributed by atoms with Crippen molar-refractivity contribution in [3.63, 3.8) is 0 Å². The predicted octanol–water partition coefficient (Wildman–Crippen LogP) is 2.74. The number of amides is 1. The molecule has 1 aliphatic rings. The number of carboxylic acid groups (broad SMARTS) is 1. The lowest BCUT2D eigenvalue weighted by Gasteiger charge is -2.41. The Morgan fingerprint density at radius 3 is 2.60 bits per heavy atom. The molecule has 1 aromatic rings. The summed E-state index contributed by atoms with van der Waals surface area (Å²) in [6.45, 7) is 1.74. The highest BCUT2D eigenvalue weighted by Crippen LogP contribution is 2.44. The maximum absolute atomic E-state index is 12.5. The second-order valence-electron chi connectivity index (χ2n) is 5.22. The van der Waals surface area contributed by atoms with Gasteiger partial charge >= 0.3 is 5.97 Å². The van der Waals surface area contributed by atoms with Crippen LogP contribution in [0.1, 0.15) is 38.2 Å². The number of benzene rings is 1. The Morgan fingerprint density at radius 1 is 1.45 bits per heavy atom. The summed E-state index contributed by atoms with van der Waals surface area (Å²) in [4.78, 5) is 23.6. The van der Waals surface area contributed by atoms with Gasteiger partial charge in [-0.3, -0.25) is 4.79 Å². The molecule has 0 aromatic heterocycles. The van der Waals surface area contributed by atoms with Crippen LogP contribution < -0.4 is 5.32 Å². The van der Waals surface area contributed by atoms with Crippen LogP contribution in [0.2, 0.25) is 5.02 Å². The van der Waals surface area contributed by atoms with Crippen LogP contribution in [-0.2, 0) is 15.0 Å². The number of carbonyl (C=O) groups excluding carboxylic acids is 1. The van der Waals surface area contributed by atoms with Gasteiger partial charge < -0.3 is 10.4 Å². The van der Waals surface area contributed by atoms with Crippen LogP contribution in [0.25, 0.3) is 0 Å². The zero-order valence-corrected chi connectivity index (χ0v) is 12.1. The number of hydrogen-bond acceptors (Lipinski definition) is 2. The lowest BCUT2D eigenvalue weighted by Crippen LogP contribution is -2.53. The first-order chi connectivity index (χ1) is 9.49. The molecule has 0 spiro atoms. The van der Waals surface area contributed by atoms with Crippen LogP contribution in [0, 0.1) is 0 Å². The molecule has 1 amide bonds. The minimum atomic E-state index is -0.999. The van der Waals surface area contributed by atoms with Crippen molar-refractivity contribution in [2.24, 2.45) is 0 Å². The Bertz CT molecular complexity index is 526. The molecule has 0 saturated heterocycles. The first-order valence-corrected chi connectivity index (χ1v) is 7.17. The van der Waals surface area contributed by atoms with Crippen molar-refractivity contribution in [2.45, 2.75) is 44.1 Å². The molecule has 0 aliphatic heterocycles. The third-order valence-electron chi connectivity index (χ3n) is 4.03. The maximum atomic E-state index is 12.5. The molecule has 1 aliphatic carbocycles. The van der Waals surface area contributed by atoms with Gasteiger partial charge in [0.15, 0.2) is 0 Å². The van der Waals surface area contributed by atoms with Crippen LogP contribution >= 0.6 is 11.6 Å². The lowest BCUT2D eigenvalue weighted by molar-refractivity contribution is -0.143. The number of hydrogen-bond donors (Lipinski definition) is 2. The number of aliphatic carboxylic acids is 1. The van der Waals surface area contributed by atoms with Crippen LogP contribution in [0.5, 0.6) is 0 Å². The summed E-state index contributed by atoms with van der Waals surface area (Å²) >= 11 is 5.99. The number of nitrogens with one attached hydrogen (secondary N) is 1. The van der Waals surface area contributed by atoms with Crippen molar-refractivity contribution >= 4 is 23.5 Å². The number of carbonyl (C=O) groups is 2. The summed E-state index contributed by atoms with van der Waals surface area (Å²) in [5, 5.41) is 12.3. The van der Waals surface area contributed by atoms with E-state index in [4.69, 9.17) is 16.7 Å². The van der Waals surface area contributed by atoms with Crippen molar-refractivity contribution in [3.8, 4) is 0 Å². The van der Waals surface area contributed by atoms with Gasteiger partial charge in [-0.05, 0) is 37.0 Å². The summed E-state index contributed by atoms with van der Waals surface area (Å²) < 4.78 is 0. The highest BCUT2D eigenvalue weighted by atomic mass is 35.5. The van der Waals surface area contributed by atoms with E-state index in [1.54, 1.807) is 19.1 Å². The molecule has 1 fully saturated rings. The van der Waals surface area contributed by atoms with E-state index in [0.29, 0.717) is 11.4 Å². The lowest BCUT2D eigenvalue weighted by atomic mass is 9.63. The molecule has 4 nitrogen and oxygen atoms in total. The predicted molar refractivity (Wildman–Crippen MR) is 76.8 cm³/mol. The Hall–Kier alpha value is -1.55. The fourth-order valence-electron chi connectivity index (χ4n) is 2.60. The monoisotopic (exact) mass is 295 g/mol. The fraction of sp³-hybridized carbons (Fsp3) is 0.467. The Balaban J connectivity index is 2.23. The van der Waals surface area contributed by atoms with E-state index in [2.05, 4.69) is 5.32 Å². The van der Waals surface area contributed by atoms with Crippen molar-refractivity contribution < 1.29 is 14.7 Å². The first kappa shape index (κ1) is 14.9. The molecular formula is C15H18ClNO3. The molecule has 1 saturated carbocycles. The van der Waals surface area contributed by atoms with E-state index in [9.17, 15) is 9.59 Å². The minimum Gasteiger partial charge on any atom is -0.480 e. The number of halogens is 1. The molecule has 0 unspecified atom stereocenters. The molecule has 2 N–H and O–H groups in total.